The van der Waals surface area contributed by atoms with Crippen LogP contribution in [0.2, 0.25) is 0 Å². The molecule has 0 aliphatic carbocycles. The smallest absolute Gasteiger partial charge is 0.407 e. The van der Waals surface area contributed by atoms with Crippen molar-refractivity contribution in [3.05, 3.63) is 35.6 Å². The fourth-order valence-electron chi connectivity index (χ4n) is 1.64. The van der Waals surface area contributed by atoms with Crippen LogP contribution in [0.1, 0.15) is 32.3 Å². The van der Waals surface area contributed by atoms with Crippen LogP contribution in [0.3, 0.4) is 0 Å². The normalized spacial score (nSPS) is 12.8. The van der Waals surface area contributed by atoms with Gasteiger partial charge in [-0.05, 0) is 38.5 Å². The SMILES string of the molecule is CC(C)(C)OC(=O)NCC(CON)c1ccc(F)cc1. The highest BCUT2D eigenvalue weighted by Gasteiger charge is 2.18. The lowest BCUT2D eigenvalue weighted by Gasteiger charge is -2.21. The predicted molar refractivity (Wildman–Crippen MR) is 73.5 cm³/mol. The Balaban J connectivity index is 2.59. The average Bonchev–Trinajstić information content (AvgIpc) is 2.33. The number of amides is 1. The molecule has 1 aromatic rings. The van der Waals surface area contributed by atoms with Gasteiger partial charge in [-0.2, -0.15) is 0 Å². The molecule has 0 aromatic heterocycles. The van der Waals surface area contributed by atoms with Crippen LogP contribution in [0.25, 0.3) is 0 Å². The summed E-state index contributed by atoms with van der Waals surface area (Å²) in [7, 11) is 0. The Labute approximate surface area is 118 Å². The number of hydrogen-bond acceptors (Lipinski definition) is 4. The molecule has 1 atom stereocenters. The van der Waals surface area contributed by atoms with Crippen molar-refractivity contribution in [1.29, 1.82) is 0 Å². The Kier molecular flexibility index (Phi) is 5.91. The molecule has 0 heterocycles. The maximum absolute atomic E-state index is 12.9. The second-order valence-corrected chi connectivity index (χ2v) is 5.46. The molecule has 0 saturated heterocycles. The van der Waals surface area contributed by atoms with Crippen LogP contribution in [0, 0.1) is 5.82 Å². The number of rotatable bonds is 5. The van der Waals surface area contributed by atoms with Crippen molar-refractivity contribution in [2.75, 3.05) is 13.2 Å². The standard InChI is InChI=1S/C14H21FN2O3/c1-14(2,3)20-13(18)17-8-11(9-19-16)10-4-6-12(15)7-5-10/h4-7,11H,8-9,16H2,1-3H3,(H,17,18). The third kappa shape index (κ3) is 5.99. The third-order valence-electron chi connectivity index (χ3n) is 2.53. The van der Waals surface area contributed by atoms with Crippen molar-refractivity contribution in [1.82, 2.24) is 5.32 Å². The van der Waals surface area contributed by atoms with Gasteiger partial charge in [0, 0.05) is 12.5 Å². The van der Waals surface area contributed by atoms with Gasteiger partial charge in [0.05, 0.1) is 6.61 Å². The molecular weight excluding hydrogens is 263 g/mol. The molecule has 0 aliphatic rings. The first kappa shape index (κ1) is 16.4. The summed E-state index contributed by atoms with van der Waals surface area (Å²) in [6.45, 7) is 5.85. The van der Waals surface area contributed by atoms with Crippen LogP contribution in [0.15, 0.2) is 24.3 Å². The summed E-state index contributed by atoms with van der Waals surface area (Å²) < 4.78 is 18.0. The van der Waals surface area contributed by atoms with Crippen LogP contribution in [-0.4, -0.2) is 24.8 Å². The molecule has 5 nitrogen and oxygen atoms in total. The molecule has 0 spiro atoms. The highest BCUT2D eigenvalue weighted by Crippen LogP contribution is 2.16. The van der Waals surface area contributed by atoms with E-state index in [1.54, 1.807) is 32.9 Å². The number of nitrogens with one attached hydrogen (secondary N) is 1. The van der Waals surface area contributed by atoms with Crippen LogP contribution >= 0.6 is 0 Å². The minimum Gasteiger partial charge on any atom is -0.444 e. The van der Waals surface area contributed by atoms with Crippen LogP contribution < -0.4 is 11.2 Å². The van der Waals surface area contributed by atoms with Crippen molar-refractivity contribution in [3.8, 4) is 0 Å². The van der Waals surface area contributed by atoms with E-state index in [-0.39, 0.29) is 24.9 Å². The first-order chi connectivity index (χ1) is 9.31. The molecule has 1 amide bonds. The monoisotopic (exact) mass is 284 g/mol. The van der Waals surface area contributed by atoms with Crippen molar-refractivity contribution in [2.45, 2.75) is 32.3 Å². The summed E-state index contributed by atoms with van der Waals surface area (Å²) in [5, 5.41) is 2.65. The van der Waals surface area contributed by atoms with Crippen LogP contribution in [0.4, 0.5) is 9.18 Å². The summed E-state index contributed by atoms with van der Waals surface area (Å²) in [5.41, 5.74) is 0.271. The van der Waals surface area contributed by atoms with Crippen LogP contribution in [0.5, 0.6) is 0 Å². The zero-order valence-electron chi connectivity index (χ0n) is 12.0. The van der Waals surface area contributed by atoms with Gasteiger partial charge >= 0.3 is 6.09 Å². The van der Waals surface area contributed by atoms with Gasteiger partial charge in [0.2, 0.25) is 0 Å². The van der Waals surface area contributed by atoms with E-state index in [1.165, 1.54) is 12.1 Å². The van der Waals surface area contributed by atoms with Crippen molar-refractivity contribution in [2.24, 2.45) is 5.90 Å². The number of nitrogens with two attached hydrogens (primary N) is 1. The van der Waals surface area contributed by atoms with Gasteiger partial charge in [0.15, 0.2) is 0 Å². The lowest BCUT2D eigenvalue weighted by atomic mass is 10.00. The molecule has 0 aliphatic heterocycles. The van der Waals surface area contributed by atoms with Gasteiger partial charge < -0.3 is 14.9 Å². The summed E-state index contributed by atoms with van der Waals surface area (Å²) in [6.07, 6.45) is -0.512. The van der Waals surface area contributed by atoms with Gasteiger partial charge in [0.25, 0.3) is 0 Å². The highest BCUT2D eigenvalue weighted by atomic mass is 19.1. The van der Waals surface area contributed by atoms with Gasteiger partial charge in [0.1, 0.15) is 11.4 Å². The van der Waals surface area contributed by atoms with E-state index in [0.29, 0.717) is 0 Å². The first-order valence-corrected chi connectivity index (χ1v) is 6.36. The molecule has 3 N–H and O–H groups in total. The Morgan fingerprint density at radius 2 is 1.95 bits per heavy atom. The number of carbonyl (C=O) groups is 1. The molecule has 112 valence electrons. The third-order valence-corrected chi connectivity index (χ3v) is 2.53. The minimum absolute atomic E-state index is 0.173. The van der Waals surface area contributed by atoms with Crippen molar-refractivity contribution >= 4 is 6.09 Å². The highest BCUT2D eigenvalue weighted by molar-refractivity contribution is 5.67. The molecule has 0 radical (unpaired) electrons. The van der Waals surface area contributed by atoms with E-state index in [9.17, 15) is 9.18 Å². The Morgan fingerprint density at radius 1 is 1.35 bits per heavy atom. The largest absolute Gasteiger partial charge is 0.444 e. The van der Waals surface area contributed by atoms with Gasteiger partial charge in [-0.25, -0.2) is 15.1 Å². The fourth-order valence-corrected chi connectivity index (χ4v) is 1.64. The fraction of sp³-hybridized carbons (Fsp3) is 0.500. The average molecular weight is 284 g/mol. The number of carbonyl (C=O) groups excluding carboxylic acids is 1. The zero-order valence-corrected chi connectivity index (χ0v) is 12.0. The summed E-state index contributed by atoms with van der Waals surface area (Å²) in [4.78, 5) is 16.2. The molecule has 1 aromatic carbocycles. The van der Waals surface area contributed by atoms with Gasteiger partial charge in [-0.1, -0.05) is 12.1 Å². The summed E-state index contributed by atoms with van der Waals surface area (Å²) >= 11 is 0. The topological polar surface area (TPSA) is 73.6 Å². The molecule has 1 rings (SSSR count). The lowest BCUT2D eigenvalue weighted by molar-refractivity contribution is 0.0512. The van der Waals surface area contributed by atoms with E-state index >= 15 is 0 Å². The van der Waals surface area contributed by atoms with E-state index in [0.717, 1.165) is 5.56 Å². The van der Waals surface area contributed by atoms with E-state index in [2.05, 4.69) is 10.2 Å². The number of benzene rings is 1. The maximum atomic E-state index is 12.9. The van der Waals surface area contributed by atoms with Crippen molar-refractivity contribution in [3.63, 3.8) is 0 Å². The Morgan fingerprint density at radius 3 is 2.45 bits per heavy atom. The second kappa shape index (κ2) is 7.21. The molecule has 1 unspecified atom stereocenters. The summed E-state index contributed by atoms with van der Waals surface area (Å²) in [6, 6.07) is 5.98. The summed E-state index contributed by atoms with van der Waals surface area (Å²) in [5.74, 6) is 4.60. The molecule has 0 bridgehead atoms. The number of halogens is 1. The molecule has 6 heteroatoms. The van der Waals surface area contributed by atoms with Crippen molar-refractivity contribution < 1.29 is 18.8 Å². The minimum atomic E-state index is -0.556. The van der Waals surface area contributed by atoms with E-state index < -0.39 is 11.7 Å². The predicted octanol–water partition coefficient (Wildman–Crippen LogP) is 2.32. The molecule has 20 heavy (non-hydrogen) atoms. The second-order valence-electron chi connectivity index (χ2n) is 5.46. The van der Waals surface area contributed by atoms with E-state index in [4.69, 9.17) is 10.6 Å². The molecule has 0 fully saturated rings. The zero-order chi connectivity index (χ0) is 15.2. The molecule has 0 saturated carbocycles. The van der Waals surface area contributed by atoms with Gasteiger partial charge in [-0.3, -0.25) is 0 Å². The van der Waals surface area contributed by atoms with Gasteiger partial charge in [-0.15, -0.1) is 0 Å². The number of alkyl carbamates (subject to hydrolysis) is 1. The number of ether oxygens (including phenoxy) is 1. The quantitative estimate of drug-likeness (QED) is 0.814. The first-order valence-electron chi connectivity index (χ1n) is 6.36. The Bertz CT molecular complexity index is 429. The van der Waals surface area contributed by atoms with E-state index in [1.807, 2.05) is 0 Å². The maximum Gasteiger partial charge on any atom is 0.407 e. The lowest BCUT2D eigenvalue weighted by Crippen LogP contribution is -2.35. The molecular formula is C14H21FN2O3. The Hall–Kier alpha value is -1.66. The van der Waals surface area contributed by atoms with Crippen LogP contribution in [-0.2, 0) is 9.57 Å². The number of hydrogen-bond donors (Lipinski definition) is 2.